The van der Waals surface area contributed by atoms with Crippen molar-refractivity contribution >= 4 is 23.2 Å². The maximum atomic E-state index is 13.4. The summed E-state index contributed by atoms with van der Waals surface area (Å²) in [5, 5.41) is 3.14. The Morgan fingerprint density at radius 2 is 2.05 bits per heavy atom. The Kier molecular flexibility index (Phi) is 4.65. The summed E-state index contributed by atoms with van der Waals surface area (Å²) >= 11 is 5.82. The maximum Gasteiger partial charge on any atom is 0.244 e. The highest BCUT2D eigenvalue weighted by Gasteiger charge is 2.20. The van der Waals surface area contributed by atoms with Gasteiger partial charge in [0.05, 0.1) is 12.8 Å². The third kappa shape index (κ3) is 3.64. The van der Waals surface area contributed by atoms with Gasteiger partial charge in [-0.15, -0.1) is 0 Å². The van der Waals surface area contributed by atoms with E-state index >= 15 is 0 Å². The zero-order chi connectivity index (χ0) is 15.4. The van der Waals surface area contributed by atoms with Gasteiger partial charge in [0, 0.05) is 5.02 Å². The van der Waals surface area contributed by atoms with E-state index in [0.29, 0.717) is 17.0 Å². The number of halogens is 2. The molecule has 2 rings (SSSR count). The second-order valence-corrected chi connectivity index (χ2v) is 4.82. The van der Waals surface area contributed by atoms with Crippen LogP contribution in [0.25, 0.3) is 0 Å². The zero-order valence-corrected chi connectivity index (χ0v) is 12.0. The normalized spacial score (nSPS) is 11.8. The maximum absolute atomic E-state index is 13.4. The molecule has 4 nitrogen and oxygen atoms in total. The summed E-state index contributed by atoms with van der Waals surface area (Å²) in [7, 11) is 1.51. The lowest BCUT2D eigenvalue weighted by Crippen LogP contribution is -2.28. The van der Waals surface area contributed by atoms with Gasteiger partial charge in [-0.25, -0.2) is 4.39 Å². The van der Waals surface area contributed by atoms with Crippen molar-refractivity contribution in [1.29, 1.82) is 0 Å². The number of methoxy groups -OCH3 is 1. The molecule has 0 saturated heterocycles. The Balaban J connectivity index is 2.38. The number of hydrogen-bond donors (Lipinski definition) is 2. The average Bonchev–Trinajstić information content (AvgIpc) is 2.43. The lowest BCUT2D eigenvalue weighted by Gasteiger charge is -2.19. The van der Waals surface area contributed by atoms with Gasteiger partial charge in [-0.1, -0.05) is 23.7 Å². The topological polar surface area (TPSA) is 64.3 Å². The van der Waals surface area contributed by atoms with E-state index in [1.54, 1.807) is 24.3 Å². The van der Waals surface area contributed by atoms with E-state index in [2.05, 4.69) is 5.32 Å². The molecule has 2 aromatic rings. The molecule has 1 amide bonds. The minimum absolute atomic E-state index is 0.193. The first-order chi connectivity index (χ1) is 10.0. The van der Waals surface area contributed by atoms with Crippen molar-refractivity contribution in [1.82, 2.24) is 0 Å². The molecule has 3 N–H and O–H groups in total. The van der Waals surface area contributed by atoms with Gasteiger partial charge in [-0.3, -0.25) is 4.79 Å². The highest BCUT2D eigenvalue weighted by molar-refractivity contribution is 6.30. The summed E-state index contributed by atoms with van der Waals surface area (Å²) in [6.45, 7) is 0. The van der Waals surface area contributed by atoms with E-state index in [1.165, 1.54) is 19.2 Å². The van der Waals surface area contributed by atoms with Crippen molar-refractivity contribution in [3.8, 4) is 5.75 Å². The number of anilines is 1. The number of nitrogens with one attached hydrogen (secondary N) is 1. The lowest BCUT2D eigenvalue weighted by molar-refractivity contribution is -0.118. The summed E-state index contributed by atoms with van der Waals surface area (Å²) in [5.41, 5.74) is 6.32. The van der Waals surface area contributed by atoms with Crippen molar-refractivity contribution in [2.45, 2.75) is 6.04 Å². The fraction of sp³-hybridized carbons (Fsp3) is 0.133. The second-order valence-electron chi connectivity index (χ2n) is 4.38. The molecule has 0 saturated carbocycles. The average molecular weight is 309 g/mol. The predicted octanol–water partition coefficient (Wildman–Crippen LogP) is 3.13. The van der Waals surface area contributed by atoms with Crippen LogP contribution in [-0.2, 0) is 4.79 Å². The quantitative estimate of drug-likeness (QED) is 0.892. The second kappa shape index (κ2) is 6.45. The first-order valence-corrected chi connectivity index (χ1v) is 6.54. The fourth-order valence-electron chi connectivity index (χ4n) is 1.98. The van der Waals surface area contributed by atoms with Crippen LogP contribution >= 0.6 is 11.6 Å². The molecule has 110 valence electrons. The first-order valence-electron chi connectivity index (χ1n) is 6.16. The Labute approximate surface area is 126 Å². The predicted molar refractivity (Wildman–Crippen MR) is 80.0 cm³/mol. The van der Waals surface area contributed by atoms with Crippen molar-refractivity contribution in [3.63, 3.8) is 0 Å². The summed E-state index contributed by atoms with van der Waals surface area (Å²) in [5.74, 6) is -0.639. The fourth-order valence-corrected chi connectivity index (χ4v) is 2.21. The van der Waals surface area contributed by atoms with Gasteiger partial charge in [0.25, 0.3) is 0 Å². The van der Waals surface area contributed by atoms with Gasteiger partial charge in [-0.05, 0) is 35.9 Å². The third-order valence-corrected chi connectivity index (χ3v) is 3.13. The highest BCUT2D eigenvalue weighted by atomic mass is 35.5. The van der Waals surface area contributed by atoms with Gasteiger partial charge in [0.15, 0.2) is 0 Å². The van der Waals surface area contributed by atoms with Crippen LogP contribution < -0.4 is 15.8 Å². The molecule has 0 bridgehead atoms. The standard InChI is InChI=1S/C15H14ClFN2O2/c1-21-13-5-3-2-4-12(13)19-14(15(18)20)9-6-10(16)8-11(17)7-9/h2-8,14,19H,1H3,(H2,18,20). The van der Waals surface area contributed by atoms with E-state index < -0.39 is 17.8 Å². The van der Waals surface area contributed by atoms with Crippen LogP contribution in [0.15, 0.2) is 42.5 Å². The zero-order valence-electron chi connectivity index (χ0n) is 11.3. The first kappa shape index (κ1) is 15.1. The van der Waals surface area contributed by atoms with Crippen molar-refractivity contribution in [2.75, 3.05) is 12.4 Å². The molecule has 1 atom stereocenters. The number of benzene rings is 2. The Hall–Kier alpha value is -2.27. The SMILES string of the molecule is COc1ccccc1NC(C(N)=O)c1cc(F)cc(Cl)c1. The third-order valence-electron chi connectivity index (χ3n) is 2.91. The minimum Gasteiger partial charge on any atom is -0.495 e. The smallest absolute Gasteiger partial charge is 0.244 e. The van der Waals surface area contributed by atoms with E-state index in [4.69, 9.17) is 22.1 Å². The molecule has 2 aromatic carbocycles. The number of primary amides is 1. The molecule has 0 spiro atoms. The Morgan fingerprint density at radius 1 is 1.33 bits per heavy atom. The highest BCUT2D eigenvalue weighted by Crippen LogP contribution is 2.29. The van der Waals surface area contributed by atoms with E-state index in [1.807, 2.05) is 0 Å². The Morgan fingerprint density at radius 3 is 2.67 bits per heavy atom. The summed E-state index contributed by atoms with van der Waals surface area (Å²) in [4.78, 5) is 11.7. The summed E-state index contributed by atoms with van der Waals surface area (Å²) in [6.07, 6.45) is 0. The van der Waals surface area contributed by atoms with Crippen LogP contribution in [0.2, 0.25) is 5.02 Å². The largest absolute Gasteiger partial charge is 0.495 e. The number of hydrogen-bond acceptors (Lipinski definition) is 3. The van der Waals surface area contributed by atoms with Gasteiger partial charge in [0.1, 0.15) is 17.6 Å². The molecule has 0 fully saturated rings. The summed E-state index contributed by atoms with van der Waals surface area (Å²) < 4.78 is 18.6. The number of amides is 1. The van der Waals surface area contributed by atoms with Crippen LogP contribution in [0.4, 0.5) is 10.1 Å². The molecule has 0 aliphatic heterocycles. The van der Waals surface area contributed by atoms with Crippen molar-refractivity contribution in [3.05, 3.63) is 58.9 Å². The van der Waals surface area contributed by atoms with Crippen molar-refractivity contribution < 1.29 is 13.9 Å². The van der Waals surface area contributed by atoms with Crippen LogP contribution in [0.1, 0.15) is 11.6 Å². The lowest BCUT2D eigenvalue weighted by atomic mass is 10.1. The molecule has 0 aliphatic rings. The monoisotopic (exact) mass is 308 g/mol. The van der Waals surface area contributed by atoms with Gasteiger partial charge < -0.3 is 15.8 Å². The van der Waals surface area contributed by atoms with Gasteiger partial charge in [-0.2, -0.15) is 0 Å². The molecule has 0 aromatic heterocycles. The molecular weight excluding hydrogens is 295 g/mol. The van der Waals surface area contributed by atoms with Crippen LogP contribution in [0.3, 0.4) is 0 Å². The Bertz CT molecular complexity index is 644. The van der Waals surface area contributed by atoms with Gasteiger partial charge in [0.2, 0.25) is 5.91 Å². The molecule has 0 radical (unpaired) electrons. The number of nitrogens with two attached hydrogens (primary N) is 1. The van der Waals surface area contributed by atoms with E-state index in [-0.39, 0.29) is 5.02 Å². The van der Waals surface area contributed by atoms with Crippen molar-refractivity contribution in [2.24, 2.45) is 5.73 Å². The number of carbonyl (C=O) groups excluding carboxylic acids is 1. The molecule has 0 heterocycles. The number of rotatable bonds is 5. The molecule has 21 heavy (non-hydrogen) atoms. The number of para-hydroxylation sites is 2. The van der Waals surface area contributed by atoms with Crippen LogP contribution in [0.5, 0.6) is 5.75 Å². The summed E-state index contributed by atoms with van der Waals surface area (Å²) in [6, 6.07) is 9.98. The van der Waals surface area contributed by atoms with E-state index in [9.17, 15) is 9.18 Å². The van der Waals surface area contributed by atoms with E-state index in [0.717, 1.165) is 6.07 Å². The molecule has 1 unspecified atom stereocenters. The number of carbonyl (C=O) groups is 1. The van der Waals surface area contributed by atoms with Gasteiger partial charge >= 0.3 is 0 Å². The molecule has 6 heteroatoms. The molecular formula is C15H14ClFN2O2. The van der Waals surface area contributed by atoms with Crippen LogP contribution in [0, 0.1) is 5.82 Å². The minimum atomic E-state index is -0.922. The number of ether oxygens (including phenoxy) is 1. The van der Waals surface area contributed by atoms with Crippen LogP contribution in [-0.4, -0.2) is 13.0 Å². The molecule has 0 aliphatic carbocycles.